The number of benzene rings is 2. The fourth-order valence-corrected chi connectivity index (χ4v) is 5.54. The summed E-state index contributed by atoms with van der Waals surface area (Å²) in [6.07, 6.45) is 1.13. The molecule has 36 heavy (non-hydrogen) atoms. The van der Waals surface area contributed by atoms with Gasteiger partial charge in [-0.25, -0.2) is 8.42 Å². The average molecular weight is 515 g/mol. The van der Waals surface area contributed by atoms with Gasteiger partial charge < -0.3 is 13.9 Å². The molecular formula is C25H30N4O6S. The van der Waals surface area contributed by atoms with Crippen molar-refractivity contribution in [2.45, 2.75) is 38.5 Å². The summed E-state index contributed by atoms with van der Waals surface area (Å²) in [6, 6.07) is 11.9. The van der Waals surface area contributed by atoms with E-state index < -0.39 is 15.9 Å². The van der Waals surface area contributed by atoms with Crippen molar-refractivity contribution in [3.05, 3.63) is 48.0 Å². The van der Waals surface area contributed by atoms with Gasteiger partial charge in [-0.1, -0.05) is 22.8 Å². The molecule has 1 atom stereocenters. The van der Waals surface area contributed by atoms with Crippen LogP contribution < -0.4 is 14.8 Å². The lowest BCUT2D eigenvalue weighted by atomic mass is 9.99. The van der Waals surface area contributed by atoms with Gasteiger partial charge >= 0.3 is 6.01 Å². The lowest BCUT2D eigenvalue weighted by Gasteiger charge is -2.30. The van der Waals surface area contributed by atoms with E-state index in [1.165, 1.54) is 4.31 Å². The van der Waals surface area contributed by atoms with E-state index in [1.807, 2.05) is 20.8 Å². The highest BCUT2D eigenvalue weighted by atomic mass is 32.2. The zero-order valence-corrected chi connectivity index (χ0v) is 21.4. The van der Waals surface area contributed by atoms with Gasteiger partial charge in [0.25, 0.3) is 0 Å². The van der Waals surface area contributed by atoms with Gasteiger partial charge in [0.1, 0.15) is 0 Å². The standard InChI is InChI=1S/C25H30N4O6S/c1-4-33-21-13-10-18(15-22(21)34-5-2)24-27-28-25(35-24)26-23(30)19-7-6-14-29(16-19)36(31,32)20-11-8-17(3)9-12-20/h8-13,15,19H,4-7,14,16H2,1-3H3,(H,26,28,30). The van der Waals surface area contributed by atoms with Crippen LogP contribution in [0.5, 0.6) is 11.5 Å². The third kappa shape index (κ3) is 5.68. The molecule has 1 amide bonds. The summed E-state index contributed by atoms with van der Waals surface area (Å²) in [5, 5.41) is 10.6. The van der Waals surface area contributed by atoms with Crippen molar-refractivity contribution >= 4 is 21.9 Å². The molecule has 1 aromatic heterocycles. The number of nitrogens with zero attached hydrogens (tertiary/aromatic N) is 3. The summed E-state index contributed by atoms with van der Waals surface area (Å²) in [6.45, 7) is 7.08. The Morgan fingerprint density at radius 2 is 1.81 bits per heavy atom. The van der Waals surface area contributed by atoms with E-state index in [2.05, 4.69) is 15.5 Å². The van der Waals surface area contributed by atoms with E-state index in [9.17, 15) is 13.2 Å². The van der Waals surface area contributed by atoms with Crippen molar-refractivity contribution < 1.29 is 27.1 Å². The van der Waals surface area contributed by atoms with Crippen LogP contribution in [0.25, 0.3) is 11.5 Å². The van der Waals surface area contributed by atoms with Crippen LogP contribution in [0.2, 0.25) is 0 Å². The number of sulfonamides is 1. The first-order valence-corrected chi connectivity index (χ1v) is 13.4. The Morgan fingerprint density at radius 1 is 1.08 bits per heavy atom. The second kappa shape index (κ2) is 11.1. The third-order valence-electron chi connectivity index (χ3n) is 5.86. The fourth-order valence-electron chi connectivity index (χ4n) is 4.02. The molecule has 2 heterocycles. The zero-order valence-electron chi connectivity index (χ0n) is 20.6. The molecule has 1 saturated heterocycles. The lowest BCUT2D eigenvalue weighted by molar-refractivity contribution is -0.121. The highest BCUT2D eigenvalue weighted by molar-refractivity contribution is 7.89. The Hall–Kier alpha value is -3.44. The number of carbonyl (C=O) groups is 1. The summed E-state index contributed by atoms with van der Waals surface area (Å²) < 4.78 is 44.3. The SMILES string of the molecule is CCOc1ccc(-c2nnc(NC(=O)C3CCCN(S(=O)(=O)c4ccc(C)cc4)C3)o2)cc1OCC. The molecule has 0 saturated carbocycles. The molecule has 1 fully saturated rings. The molecule has 2 aromatic carbocycles. The Bertz CT molecular complexity index is 1310. The predicted octanol–water partition coefficient (Wildman–Crippen LogP) is 3.88. The molecule has 0 spiro atoms. The Kier molecular flexibility index (Phi) is 7.90. The normalized spacial score (nSPS) is 16.5. The van der Waals surface area contributed by atoms with Crippen LogP contribution in [0.1, 0.15) is 32.3 Å². The molecule has 1 unspecified atom stereocenters. The van der Waals surface area contributed by atoms with Crippen LogP contribution in [-0.4, -0.2) is 55.1 Å². The molecule has 1 N–H and O–H groups in total. The predicted molar refractivity (Wildman–Crippen MR) is 133 cm³/mol. The molecule has 11 heteroatoms. The Balaban J connectivity index is 1.44. The molecule has 0 bridgehead atoms. The van der Waals surface area contributed by atoms with Crippen LogP contribution in [0.3, 0.4) is 0 Å². The summed E-state index contributed by atoms with van der Waals surface area (Å²) in [5.74, 6) is 0.470. The first-order valence-electron chi connectivity index (χ1n) is 11.9. The number of aromatic nitrogens is 2. The molecule has 1 aliphatic heterocycles. The largest absolute Gasteiger partial charge is 0.490 e. The fraction of sp³-hybridized carbons (Fsp3) is 0.400. The van der Waals surface area contributed by atoms with Crippen molar-refractivity contribution in [2.24, 2.45) is 5.92 Å². The van der Waals surface area contributed by atoms with Gasteiger partial charge in [0.2, 0.25) is 21.8 Å². The third-order valence-corrected chi connectivity index (χ3v) is 7.74. The van der Waals surface area contributed by atoms with Gasteiger partial charge in [-0.05, 0) is 63.9 Å². The second-order valence-electron chi connectivity index (χ2n) is 8.44. The number of hydrogen-bond acceptors (Lipinski definition) is 8. The van der Waals surface area contributed by atoms with E-state index in [1.54, 1.807) is 42.5 Å². The van der Waals surface area contributed by atoms with Crippen molar-refractivity contribution in [1.29, 1.82) is 0 Å². The monoisotopic (exact) mass is 514 g/mol. The van der Waals surface area contributed by atoms with Gasteiger partial charge in [-0.2, -0.15) is 4.31 Å². The lowest BCUT2D eigenvalue weighted by Crippen LogP contribution is -2.43. The smallest absolute Gasteiger partial charge is 0.322 e. The minimum Gasteiger partial charge on any atom is -0.490 e. The van der Waals surface area contributed by atoms with Gasteiger partial charge in [0, 0.05) is 18.7 Å². The molecule has 192 valence electrons. The number of hydrogen-bond donors (Lipinski definition) is 1. The van der Waals surface area contributed by atoms with E-state index >= 15 is 0 Å². The highest BCUT2D eigenvalue weighted by Gasteiger charge is 2.33. The molecular weight excluding hydrogens is 484 g/mol. The number of amides is 1. The molecule has 0 aliphatic carbocycles. The quantitative estimate of drug-likeness (QED) is 0.456. The summed E-state index contributed by atoms with van der Waals surface area (Å²) in [7, 11) is -3.69. The number of ether oxygens (including phenoxy) is 2. The van der Waals surface area contributed by atoms with Crippen molar-refractivity contribution in [2.75, 3.05) is 31.6 Å². The second-order valence-corrected chi connectivity index (χ2v) is 10.4. The minimum absolute atomic E-state index is 0.0552. The molecule has 0 radical (unpaired) electrons. The van der Waals surface area contributed by atoms with Crippen molar-refractivity contribution in [3.63, 3.8) is 0 Å². The van der Waals surface area contributed by atoms with E-state index in [4.69, 9.17) is 13.9 Å². The number of rotatable bonds is 9. The van der Waals surface area contributed by atoms with Crippen LogP contribution in [0.15, 0.2) is 51.8 Å². The van der Waals surface area contributed by atoms with Gasteiger partial charge in [-0.3, -0.25) is 10.1 Å². The molecule has 1 aliphatic rings. The zero-order chi connectivity index (χ0) is 25.7. The number of anilines is 1. The molecule has 3 aromatic rings. The Morgan fingerprint density at radius 3 is 2.53 bits per heavy atom. The maximum Gasteiger partial charge on any atom is 0.322 e. The van der Waals surface area contributed by atoms with Crippen molar-refractivity contribution in [3.8, 4) is 23.0 Å². The summed E-state index contributed by atoms with van der Waals surface area (Å²) in [5.41, 5.74) is 1.59. The maximum absolute atomic E-state index is 13.1. The minimum atomic E-state index is -3.69. The number of aryl methyl sites for hydroxylation is 1. The first-order chi connectivity index (χ1) is 17.3. The van der Waals surface area contributed by atoms with Crippen LogP contribution >= 0.6 is 0 Å². The topological polar surface area (TPSA) is 124 Å². The van der Waals surface area contributed by atoms with Gasteiger partial charge in [0.15, 0.2) is 11.5 Å². The summed E-state index contributed by atoms with van der Waals surface area (Å²) in [4.78, 5) is 13.1. The van der Waals surface area contributed by atoms with E-state index in [-0.39, 0.29) is 29.3 Å². The van der Waals surface area contributed by atoms with Crippen LogP contribution in [0, 0.1) is 12.8 Å². The highest BCUT2D eigenvalue weighted by Crippen LogP contribution is 2.33. The summed E-state index contributed by atoms with van der Waals surface area (Å²) >= 11 is 0. The first kappa shape index (κ1) is 25.6. The number of carbonyl (C=O) groups excluding carboxylic acids is 1. The molecule has 4 rings (SSSR count). The molecule has 10 nitrogen and oxygen atoms in total. The van der Waals surface area contributed by atoms with Crippen molar-refractivity contribution in [1.82, 2.24) is 14.5 Å². The number of nitrogens with one attached hydrogen (secondary N) is 1. The van der Waals surface area contributed by atoms with Crippen LogP contribution in [0.4, 0.5) is 6.01 Å². The van der Waals surface area contributed by atoms with E-state index in [0.29, 0.717) is 49.7 Å². The van der Waals surface area contributed by atoms with Crippen LogP contribution in [-0.2, 0) is 14.8 Å². The van der Waals surface area contributed by atoms with Gasteiger partial charge in [0.05, 0.1) is 24.0 Å². The average Bonchev–Trinajstić information content (AvgIpc) is 3.34. The number of piperidine rings is 1. The van der Waals surface area contributed by atoms with E-state index in [0.717, 1.165) is 5.56 Å². The maximum atomic E-state index is 13.1. The Labute approximate surface area is 210 Å². The van der Waals surface area contributed by atoms with Gasteiger partial charge in [-0.15, -0.1) is 5.10 Å².